The van der Waals surface area contributed by atoms with Gasteiger partial charge in [-0.1, -0.05) is 61.2 Å². The van der Waals surface area contributed by atoms with Crippen molar-refractivity contribution in [1.82, 2.24) is 9.66 Å². The fourth-order valence-electron chi connectivity index (χ4n) is 4.49. The van der Waals surface area contributed by atoms with E-state index in [1.165, 1.54) is 11.1 Å². The predicted molar refractivity (Wildman–Crippen MR) is 150 cm³/mol. The first-order chi connectivity index (χ1) is 17.1. The number of hydrogen-bond acceptors (Lipinski definition) is 4. The van der Waals surface area contributed by atoms with Gasteiger partial charge in [-0.25, -0.2) is 4.98 Å². The van der Waals surface area contributed by atoms with Crippen molar-refractivity contribution in [3.05, 3.63) is 103 Å². The van der Waals surface area contributed by atoms with E-state index in [0.717, 1.165) is 57.5 Å². The topological polar surface area (TPSA) is 56.5 Å². The summed E-state index contributed by atoms with van der Waals surface area (Å²) in [5, 5.41) is 5.91. The van der Waals surface area contributed by atoms with E-state index < -0.39 is 0 Å². The van der Waals surface area contributed by atoms with E-state index in [4.69, 9.17) is 21.3 Å². The average Bonchev–Trinajstić information content (AvgIpc) is 2.89. The highest BCUT2D eigenvalue weighted by atomic mass is 127. The summed E-state index contributed by atoms with van der Waals surface area (Å²) in [6.45, 7) is 0.395. The second kappa shape index (κ2) is 10.9. The van der Waals surface area contributed by atoms with Crippen LogP contribution in [0.5, 0.6) is 5.75 Å². The lowest BCUT2D eigenvalue weighted by Gasteiger charge is -2.22. The van der Waals surface area contributed by atoms with Crippen LogP contribution in [-0.4, -0.2) is 15.9 Å². The quantitative estimate of drug-likeness (QED) is 0.175. The fraction of sp³-hybridized carbons (Fsp3) is 0.250. The highest BCUT2D eigenvalue weighted by molar-refractivity contribution is 14.1. The first kappa shape index (κ1) is 24.0. The van der Waals surface area contributed by atoms with Crippen LogP contribution >= 0.6 is 34.2 Å². The third-order valence-electron chi connectivity index (χ3n) is 6.37. The maximum Gasteiger partial charge on any atom is 0.282 e. The zero-order chi connectivity index (χ0) is 24.2. The minimum Gasteiger partial charge on any atom is -0.488 e. The van der Waals surface area contributed by atoms with Gasteiger partial charge >= 0.3 is 0 Å². The van der Waals surface area contributed by atoms with Gasteiger partial charge in [-0.05, 0) is 77.4 Å². The van der Waals surface area contributed by atoms with Gasteiger partial charge in [-0.15, -0.1) is 0 Å². The van der Waals surface area contributed by atoms with Gasteiger partial charge in [0.2, 0.25) is 0 Å². The normalized spacial score (nSPS) is 14.6. The monoisotopic (exact) mass is 597 g/mol. The van der Waals surface area contributed by atoms with Crippen molar-refractivity contribution in [3.8, 4) is 5.75 Å². The Morgan fingerprint density at radius 1 is 1.06 bits per heavy atom. The first-order valence-corrected chi connectivity index (χ1v) is 13.3. The van der Waals surface area contributed by atoms with Gasteiger partial charge in [-0.2, -0.15) is 9.78 Å². The highest BCUT2D eigenvalue weighted by Crippen LogP contribution is 2.32. The molecule has 5 rings (SSSR count). The second-order valence-electron chi connectivity index (χ2n) is 8.75. The zero-order valence-corrected chi connectivity index (χ0v) is 22.1. The number of benzene rings is 3. The number of halogens is 2. The highest BCUT2D eigenvalue weighted by Gasteiger charge is 2.22. The molecule has 5 nitrogen and oxygen atoms in total. The number of para-hydroxylation sites is 1. The zero-order valence-electron chi connectivity index (χ0n) is 19.2. The lowest BCUT2D eigenvalue weighted by Crippen LogP contribution is -2.25. The van der Waals surface area contributed by atoms with Crippen LogP contribution in [0.15, 0.2) is 76.6 Å². The molecular formula is C28H25ClIN3O2. The molecule has 1 aromatic heterocycles. The van der Waals surface area contributed by atoms with Crippen LogP contribution in [0.1, 0.15) is 55.0 Å². The largest absolute Gasteiger partial charge is 0.488 e. The Bertz CT molecular complexity index is 1440. The first-order valence-electron chi connectivity index (χ1n) is 11.8. The van der Waals surface area contributed by atoms with E-state index in [2.05, 4.69) is 27.7 Å². The maximum absolute atomic E-state index is 13.4. The molecule has 3 aromatic carbocycles. The van der Waals surface area contributed by atoms with Gasteiger partial charge in [0.05, 0.1) is 20.7 Å². The molecule has 1 aliphatic rings. The molecule has 0 aliphatic heterocycles. The van der Waals surface area contributed by atoms with Crippen molar-refractivity contribution in [2.75, 3.05) is 0 Å². The van der Waals surface area contributed by atoms with Crippen LogP contribution in [0.4, 0.5) is 0 Å². The Morgan fingerprint density at radius 2 is 1.83 bits per heavy atom. The molecule has 0 radical (unpaired) electrons. The molecule has 1 saturated carbocycles. The van der Waals surface area contributed by atoms with Gasteiger partial charge in [0.25, 0.3) is 5.56 Å². The molecule has 35 heavy (non-hydrogen) atoms. The average molecular weight is 598 g/mol. The van der Waals surface area contributed by atoms with Gasteiger partial charge < -0.3 is 4.74 Å². The molecule has 4 aromatic rings. The number of ether oxygens (including phenoxy) is 1. The van der Waals surface area contributed by atoms with Crippen LogP contribution in [0, 0.1) is 3.57 Å². The van der Waals surface area contributed by atoms with Crippen LogP contribution in [0.25, 0.3) is 10.9 Å². The molecule has 0 atom stereocenters. The van der Waals surface area contributed by atoms with Crippen molar-refractivity contribution < 1.29 is 4.74 Å². The van der Waals surface area contributed by atoms with E-state index >= 15 is 0 Å². The third kappa shape index (κ3) is 5.43. The lowest BCUT2D eigenvalue weighted by atomic mass is 9.88. The van der Waals surface area contributed by atoms with Crippen molar-refractivity contribution >= 4 is 51.3 Å². The molecule has 0 unspecified atom stereocenters. The van der Waals surface area contributed by atoms with E-state index in [-0.39, 0.29) is 11.5 Å². The van der Waals surface area contributed by atoms with Gasteiger partial charge in [0.1, 0.15) is 18.2 Å². The van der Waals surface area contributed by atoms with Crippen LogP contribution in [0.3, 0.4) is 0 Å². The van der Waals surface area contributed by atoms with E-state index in [0.29, 0.717) is 17.0 Å². The lowest BCUT2D eigenvalue weighted by molar-refractivity contribution is 0.304. The van der Waals surface area contributed by atoms with E-state index in [1.807, 2.05) is 66.7 Å². The van der Waals surface area contributed by atoms with Crippen LogP contribution in [-0.2, 0) is 6.61 Å². The summed E-state index contributed by atoms with van der Waals surface area (Å²) in [5.41, 5.74) is 2.43. The molecule has 1 aliphatic carbocycles. The molecule has 0 spiro atoms. The molecule has 7 heteroatoms. The minimum atomic E-state index is -0.123. The van der Waals surface area contributed by atoms with E-state index in [1.54, 1.807) is 6.21 Å². The summed E-state index contributed by atoms with van der Waals surface area (Å²) in [6, 6.07) is 21.0. The predicted octanol–water partition coefficient (Wildman–Crippen LogP) is 7.16. The molecule has 0 saturated heterocycles. The van der Waals surface area contributed by atoms with Gasteiger partial charge in [0, 0.05) is 16.5 Å². The smallest absolute Gasteiger partial charge is 0.282 e. The molecule has 1 heterocycles. The van der Waals surface area contributed by atoms with Crippen molar-refractivity contribution in [2.24, 2.45) is 5.10 Å². The van der Waals surface area contributed by atoms with Gasteiger partial charge in [-0.3, -0.25) is 4.79 Å². The Kier molecular flexibility index (Phi) is 7.48. The number of aromatic nitrogens is 2. The molecule has 178 valence electrons. The van der Waals surface area contributed by atoms with Crippen molar-refractivity contribution in [2.45, 2.75) is 44.6 Å². The Hall–Kier alpha value is -2.71. The molecule has 0 bridgehead atoms. The maximum atomic E-state index is 13.4. The van der Waals surface area contributed by atoms with Crippen molar-refractivity contribution in [1.29, 1.82) is 0 Å². The summed E-state index contributed by atoms with van der Waals surface area (Å²) in [5.74, 6) is 1.79. The standard InChI is InChI=1S/C28H25ClIN3O2/c29-23-12-6-4-10-21(23)18-35-26-15-14-19(16-24(26)30)17-31-33-27(20-8-2-1-3-9-20)32-25-13-7-5-11-22(25)28(33)34/h4-7,10-17,20H,1-3,8-9,18H2. The summed E-state index contributed by atoms with van der Waals surface area (Å²) in [6.07, 6.45) is 7.35. The Balaban J connectivity index is 1.43. The van der Waals surface area contributed by atoms with E-state index in [9.17, 15) is 4.79 Å². The van der Waals surface area contributed by atoms with Crippen LogP contribution in [0.2, 0.25) is 5.02 Å². The van der Waals surface area contributed by atoms with Crippen molar-refractivity contribution in [3.63, 3.8) is 0 Å². The number of hydrogen-bond donors (Lipinski definition) is 0. The number of fused-ring (bicyclic) bond motifs is 1. The Labute approximate surface area is 222 Å². The molecule has 1 fully saturated rings. The third-order valence-corrected chi connectivity index (χ3v) is 7.58. The summed E-state index contributed by atoms with van der Waals surface area (Å²) in [7, 11) is 0. The minimum absolute atomic E-state index is 0.123. The summed E-state index contributed by atoms with van der Waals surface area (Å²) < 4.78 is 8.45. The van der Waals surface area contributed by atoms with Crippen LogP contribution < -0.4 is 10.3 Å². The Morgan fingerprint density at radius 3 is 2.63 bits per heavy atom. The molecule has 0 amide bonds. The fourth-order valence-corrected chi connectivity index (χ4v) is 5.37. The number of rotatable bonds is 6. The molecule has 0 N–H and O–H groups in total. The second-order valence-corrected chi connectivity index (χ2v) is 10.3. The summed E-state index contributed by atoms with van der Waals surface area (Å²) >= 11 is 8.49. The summed E-state index contributed by atoms with van der Waals surface area (Å²) in [4.78, 5) is 18.2. The number of nitrogens with zero attached hydrogens (tertiary/aromatic N) is 3. The molecular weight excluding hydrogens is 573 g/mol. The SMILES string of the molecule is O=c1c2ccccc2nc(C2CCCCC2)n1N=Cc1ccc(OCc2ccccc2Cl)c(I)c1. The van der Waals surface area contributed by atoms with Gasteiger partial charge in [0.15, 0.2) is 0 Å².